The molecule has 0 aliphatic carbocycles. The van der Waals surface area contributed by atoms with Crippen LogP contribution in [0, 0.1) is 13.8 Å². The van der Waals surface area contributed by atoms with E-state index < -0.39 is 12.0 Å². The molecule has 1 aromatic heterocycles. The van der Waals surface area contributed by atoms with Gasteiger partial charge in [0.1, 0.15) is 11.9 Å². The van der Waals surface area contributed by atoms with Gasteiger partial charge in [0, 0.05) is 5.41 Å². The molecule has 114 valence electrons. The van der Waals surface area contributed by atoms with Crippen molar-refractivity contribution in [2.75, 3.05) is 0 Å². The number of aryl methyl sites for hydroxylation is 2. The van der Waals surface area contributed by atoms with Gasteiger partial charge in [-0.3, -0.25) is 0 Å². The Kier molecular flexibility index (Phi) is 3.83. The Labute approximate surface area is 125 Å². The van der Waals surface area contributed by atoms with E-state index in [4.69, 9.17) is 4.98 Å². The first-order valence-electron chi connectivity index (χ1n) is 7.39. The molecule has 1 atom stereocenters. The lowest BCUT2D eigenvalue weighted by atomic mass is 9.95. The van der Waals surface area contributed by atoms with Gasteiger partial charge in [-0.1, -0.05) is 27.7 Å². The average Bonchev–Trinajstić information content (AvgIpc) is 2.69. The summed E-state index contributed by atoms with van der Waals surface area (Å²) in [5, 5.41) is 9.57. The van der Waals surface area contributed by atoms with Gasteiger partial charge in [0.15, 0.2) is 0 Å². The van der Waals surface area contributed by atoms with E-state index in [1.165, 1.54) is 5.56 Å². The summed E-state index contributed by atoms with van der Waals surface area (Å²) in [4.78, 5) is 16.4. The largest absolute Gasteiger partial charge is 0.480 e. The monoisotopic (exact) mass is 288 g/mol. The van der Waals surface area contributed by atoms with Crippen LogP contribution in [-0.4, -0.2) is 20.6 Å². The van der Waals surface area contributed by atoms with Gasteiger partial charge in [-0.2, -0.15) is 0 Å². The fraction of sp³-hybridized carbons (Fsp3) is 0.529. The Balaban J connectivity index is 2.86. The van der Waals surface area contributed by atoms with Crippen molar-refractivity contribution in [2.24, 2.45) is 0 Å². The van der Waals surface area contributed by atoms with Crippen molar-refractivity contribution in [3.05, 3.63) is 29.1 Å². The summed E-state index contributed by atoms with van der Waals surface area (Å²) in [6.07, 6.45) is 0.538. The Hall–Kier alpha value is -1.84. The third-order valence-corrected chi connectivity index (χ3v) is 3.96. The Morgan fingerprint density at radius 3 is 2.33 bits per heavy atom. The fourth-order valence-corrected chi connectivity index (χ4v) is 2.66. The molecule has 0 aliphatic heterocycles. The number of aliphatic carboxylic acids is 1. The molecule has 0 saturated carbocycles. The smallest absolute Gasteiger partial charge is 0.326 e. The molecule has 4 heteroatoms. The molecule has 2 aromatic rings. The van der Waals surface area contributed by atoms with Gasteiger partial charge < -0.3 is 9.67 Å². The van der Waals surface area contributed by atoms with Gasteiger partial charge in [-0.15, -0.1) is 0 Å². The van der Waals surface area contributed by atoms with E-state index in [9.17, 15) is 9.90 Å². The zero-order valence-corrected chi connectivity index (χ0v) is 13.7. The minimum atomic E-state index is -0.805. The second-order valence-electron chi connectivity index (χ2n) is 6.74. The van der Waals surface area contributed by atoms with Crippen molar-refractivity contribution in [3.8, 4) is 0 Å². The molecule has 0 fully saturated rings. The number of fused-ring (bicyclic) bond motifs is 1. The highest BCUT2D eigenvalue weighted by Crippen LogP contribution is 2.32. The zero-order chi connectivity index (χ0) is 15.9. The molecular weight excluding hydrogens is 264 g/mol. The number of hydrogen-bond acceptors (Lipinski definition) is 2. The lowest BCUT2D eigenvalue weighted by Gasteiger charge is -2.23. The Morgan fingerprint density at radius 2 is 1.86 bits per heavy atom. The first-order chi connectivity index (χ1) is 9.66. The van der Waals surface area contributed by atoms with Gasteiger partial charge in [-0.25, -0.2) is 9.78 Å². The highest BCUT2D eigenvalue weighted by atomic mass is 16.4. The number of aromatic nitrogens is 2. The highest BCUT2D eigenvalue weighted by Gasteiger charge is 2.29. The molecule has 1 aromatic carbocycles. The number of carboxylic acids is 1. The first kappa shape index (κ1) is 15.5. The summed E-state index contributed by atoms with van der Waals surface area (Å²) in [5.41, 5.74) is 3.92. The summed E-state index contributed by atoms with van der Waals surface area (Å²) in [7, 11) is 0. The van der Waals surface area contributed by atoms with Crippen LogP contribution in [0.15, 0.2) is 12.1 Å². The minimum absolute atomic E-state index is 0.205. The normalized spacial score (nSPS) is 13.6. The van der Waals surface area contributed by atoms with E-state index in [-0.39, 0.29) is 5.41 Å². The van der Waals surface area contributed by atoms with Crippen LogP contribution in [0.2, 0.25) is 0 Å². The number of hydrogen-bond donors (Lipinski definition) is 1. The van der Waals surface area contributed by atoms with Crippen molar-refractivity contribution >= 4 is 17.0 Å². The summed E-state index contributed by atoms with van der Waals surface area (Å²) in [5.74, 6) is 0.0253. The predicted molar refractivity (Wildman–Crippen MR) is 84.9 cm³/mol. The number of nitrogens with zero attached hydrogens (tertiary/aromatic N) is 2. The van der Waals surface area contributed by atoms with Crippen LogP contribution >= 0.6 is 0 Å². The first-order valence-corrected chi connectivity index (χ1v) is 7.39. The summed E-state index contributed by atoms with van der Waals surface area (Å²) >= 11 is 0. The Bertz CT molecular complexity index is 693. The molecule has 0 saturated heterocycles. The SMILES string of the molecule is CCC(C(=O)O)n1c(C(C)(C)C)nc2cc(C)c(C)cc21. The molecule has 21 heavy (non-hydrogen) atoms. The number of carbonyl (C=O) groups is 1. The van der Waals surface area contributed by atoms with Crippen LogP contribution in [0.5, 0.6) is 0 Å². The van der Waals surface area contributed by atoms with Gasteiger partial charge in [0.25, 0.3) is 0 Å². The Morgan fingerprint density at radius 1 is 1.29 bits per heavy atom. The van der Waals surface area contributed by atoms with E-state index in [2.05, 4.69) is 33.8 Å². The summed E-state index contributed by atoms with van der Waals surface area (Å²) in [6.45, 7) is 12.2. The molecule has 4 nitrogen and oxygen atoms in total. The molecule has 0 radical (unpaired) electrons. The van der Waals surface area contributed by atoms with Crippen molar-refractivity contribution in [1.82, 2.24) is 9.55 Å². The number of benzene rings is 1. The van der Waals surface area contributed by atoms with Crippen molar-refractivity contribution in [1.29, 1.82) is 0 Å². The maximum Gasteiger partial charge on any atom is 0.326 e. The zero-order valence-electron chi connectivity index (χ0n) is 13.7. The topological polar surface area (TPSA) is 55.1 Å². The standard InChI is InChI=1S/C17H24N2O2/c1-7-13(15(20)21)19-14-9-11(3)10(2)8-12(14)18-16(19)17(4,5)6/h8-9,13H,7H2,1-6H3,(H,20,21). The van der Waals surface area contributed by atoms with Gasteiger partial charge >= 0.3 is 5.97 Å². The van der Waals surface area contributed by atoms with E-state index in [1.807, 2.05) is 24.5 Å². The van der Waals surface area contributed by atoms with E-state index in [1.54, 1.807) is 0 Å². The van der Waals surface area contributed by atoms with Crippen molar-refractivity contribution in [2.45, 2.75) is 59.4 Å². The molecule has 2 rings (SSSR count). The van der Waals surface area contributed by atoms with Crippen LogP contribution < -0.4 is 0 Å². The van der Waals surface area contributed by atoms with Crippen LogP contribution in [0.4, 0.5) is 0 Å². The molecule has 0 amide bonds. The molecule has 1 heterocycles. The number of carboxylic acid groups (broad SMARTS) is 1. The molecule has 1 unspecified atom stereocenters. The number of imidazole rings is 1. The summed E-state index contributed by atoms with van der Waals surface area (Å²) < 4.78 is 1.91. The lowest BCUT2D eigenvalue weighted by molar-refractivity contribution is -0.141. The van der Waals surface area contributed by atoms with E-state index in [0.29, 0.717) is 6.42 Å². The molecule has 0 bridgehead atoms. The van der Waals surface area contributed by atoms with Crippen LogP contribution in [0.3, 0.4) is 0 Å². The predicted octanol–water partition coefficient (Wildman–Crippen LogP) is 3.99. The second-order valence-corrected chi connectivity index (χ2v) is 6.74. The minimum Gasteiger partial charge on any atom is -0.480 e. The van der Waals surface area contributed by atoms with Crippen LogP contribution in [-0.2, 0) is 10.2 Å². The fourth-order valence-electron chi connectivity index (χ4n) is 2.66. The van der Waals surface area contributed by atoms with E-state index >= 15 is 0 Å². The lowest BCUT2D eigenvalue weighted by Crippen LogP contribution is -2.26. The third-order valence-electron chi connectivity index (χ3n) is 3.96. The van der Waals surface area contributed by atoms with E-state index in [0.717, 1.165) is 22.4 Å². The molecule has 1 N–H and O–H groups in total. The van der Waals surface area contributed by atoms with Gasteiger partial charge in [-0.05, 0) is 43.5 Å². The maximum absolute atomic E-state index is 11.7. The molecular formula is C17H24N2O2. The highest BCUT2D eigenvalue weighted by molar-refractivity contribution is 5.82. The molecule has 0 aliphatic rings. The quantitative estimate of drug-likeness (QED) is 0.929. The second kappa shape index (κ2) is 5.17. The van der Waals surface area contributed by atoms with Crippen LogP contribution in [0.1, 0.15) is 57.1 Å². The van der Waals surface area contributed by atoms with Crippen LogP contribution in [0.25, 0.3) is 11.0 Å². The number of rotatable bonds is 3. The van der Waals surface area contributed by atoms with Gasteiger partial charge in [0.05, 0.1) is 11.0 Å². The summed E-state index contributed by atoms with van der Waals surface area (Å²) in [6, 6.07) is 3.52. The molecule has 0 spiro atoms. The third kappa shape index (κ3) is 2.67. The van der Waals surface area contributed by atoms with Crippen molar-refractivity contribution < 1.29 is 9.90 Å². The maximum atomic E-state index is 11.7. The van der Waals surface area contributed by atoms with Gasteiger partial charge in [0.2, 0.25) is 0 Å². The van der Waals surface area contributed by atoms with Crippen molar-refractivity contribution in [3.63, 3.8) is 0 Å². The average molecular weight is 288 g/mol.